The Bertz CT molecular complexity index is 397. The van der Waals surface area contributed by atoms with Crippen molar-refractivity contribution in [3.8, 4) is 6.07 Å². The summed E-state index contributed by atoms with van der Waals surface area (Å²) in [6, 6.07) is 5.71. The van der Waals surface area contributed by atoms with E-state index in [-0.39, 0.29) is 0 Å². The zero-order valence-electron chi connectivity index (χ0n) is 7.89. The van der Waals surface area contributed by atoms with Crippen LogP contribution in [0.15, 0.2) is 18.7 Å². The Morgan fingerprint density at radius 2 is 2.15 bits per heavy atom. The largest absolute Gasteiger partial charge is 0.398 e. The number of nitrogens with zero attached hydrogens (tertiary/aromatic N) is 1. The van der Waals surface area contributed by atoms with Gasteiger partial charge in [-0.05, 0) is 37.1 Å². The number of nitrogens with two attached hydrogens (primary N) is 1. The lowest BCUT2D eigenvalue weighted by atomic mass is 10.00. The molecule has 0 bridgehead atoms. The molecule has 0 heterocycles. The van der Waals surface area contributed by atoms with Crippen LogP contribution < -0.4 is 5.73 Å². The molecule has 2 heteroatoms. The minimum Gasteiger partial charge on any atom is -0.398 e. The molecule has 0 amide bonds. The molecule has 2 N–H and O–H groups in total. The van der Waals surface area contributed by atoms with Crippen molar-refractivity contribution in [2.45, 2.75) is 13.8 Å². The standard InChI is InChI=1S/C11H12N2/c1-7(2)10-5-9(6-12)8(3)4-11(10)13/h4-5H,1,13H2,2-3H3. The van der Waals surface area contributed by atoms with Crippen LogP contribution in [0.25, 0.3) is 5.57 Å². The van der Waals surface area contributed by atoms with E-state index in [2.05, 4.69) is 12.6 Å². The lowest BCUT2D eigenvalue weighted by Crippen LogP contribution is -1.95. The monoisotopic (exact) mass is 172 g/mol. The highest BCUT2D eigenvalue weighted by Gasteiger charge is 2.04. The number of rotatable bonds is 1. The molecule has 0 aliphatic carbocycles. The fourth-order valence-electron chi connectivity index (χ4n) is 1.22. The number of allylic oxidation sites excluding steroid dienone is 1. The average molecular weight is 172 g/mol. The summed E-state index contributed by atoms with van der Waals surface area (Å²) in [4.78, 5) is 0. The number of aryl methyl sites for hydroxylation is 1. The van der Waals surface area contributed by atoms with Crippen molar-refractivity contribution in [3.05, 3.63) is 35.4 Å². The number of hydrogen-bond acceptors (Lipinski definition) is 2. The molecule has 13 heavy (non-hydrogen) atoms. The van der Waals surface area contributed by atoms with Gasteiger partial charge in [0.1, 0.15) is 0 Å². The fraction of sp³-hybridized carbons (Fsp3) is 0.182. The molecule has 0 aromatic heterocycles. The molecule has 0 saturated heterocycles. The van der Waals surface area contributed by atoms with E-state index in [0.717, 1.165) is 16.7 Å². The van der Waals surface area contributed by atoms with E-state index in [4.69, 9.17) is 11.0 Å². The number of nitrogen functional groups attached to an aromatic ring is 1. The van der Waals surface area contributed by atoms with Crippen molar-refractivity contribution in [2.24, 2.45) is 0 Å². The first-order chi connectivity index (χ1) is 6.06. The van der Waals surface area contributed by atoms with Crippen molar-refractivity contribution in [3.63, 3.8) is 0 Å². The zero-order chi connectivity index (χ0) is 10.0. The predicted molar refractivity (Wildman–Crippen MR) is 55.0 cm³/mol. The van der Waals surface area contributed by atoms with Crippen LogP contribution in [0.5, 0.6) is 0 Å². The molecule has 0 fully saturated rings. The van der Waals surface area contributed by atoms with Crippen molar-refractivity contribution in [2.75, 3.05) is 5.73 Å². The Hall–Kier alpha value is -1.75. The lowest BCUT2D eigenvalue weighted by molar-refractivity contribution is 1.38. The third-order valence-corrected chi connectivity index (χ3v) is 1.98. The van der Waals surface area contributed by atoms with Crippen LogP contribution in [0, 0.1) is 18.3 Å². The quantitative estimate of drug-likeness (QED) is 0.661. The predicted octanol–water partition coefficient (Wildman–Crippen LogP) is 2.48. The van der Waals surface area contributed by atoms with Gasteiger partial charge in [0.15, 0.2) is 0 Å². The second-order valence-electron chi connectivity index (χ2n) is 3.15. The second kappa shape index (κ2) is 3.32. The molecule has 0 spiro atoms. The number of anilines is 1. The van der Waals surface area contributed by atoms with Crippen molar-refractivity contribution >= 4 is 11.3 Å². The van der Waals surface area contributed by atoms with Gasteiger partial charge in [-0.2, -0.15) is 5.26 Å². The minimum absolute atomic E-state index is 0.659. The first-order valence-electron chi connectivity index (χ1n) is 4.02. The van der Waals surface area contributed by atoms with Gasteiger partial charge in [0.2, 0.25) is 0 Å². The van der Waals surface area contributed by atoms with E-state index in [1.165, 1.54) is 0 Å². The molecule has 0 unspecified atom stereocenters. The molecule has 2 nitrogen and oxygen atoms in total. The van der Waals surface area contributed by atoms with Gasteiger partial charge in [-0.25, -0.2) is 0 Å². The fourth-order valence-corrected chi connectivity index (χ4v) is 1.22. The van der Waals surface area contributed by atoms with E-state index >= 15 is 0 Å². The number of hydrogen-bond donors (Lipinski definition) is 1. The summed E-state index contributed by atoms with van der Waals surface area (Å²) in [7, 11) is 0. The summed E-state index contributed by atoms with van der Waals surface area (Å²) in [6.07, 6.45) is 0. The maximum Gasteiger partial charge on any atom is 0.0994 e. The first kappa shape index (κ1) is 9.34. The molecule has 0 radical (unpaired) electrons. The Morgan fingerprint density at radius 3 is 2.62 bits per heavy atom. The van der Waals surface area contributed by atoms with Crippen LogP contribution in [0.2, 0.25) is 0 Å². The van der Waals surface area contributed by atoms with Crippen LogP contribution in [0.1, 0.15) is 23.6 Å². The van der Waals surface area contributed by atoms with Gasteiger partial charge in [0.05, 0.1) is 11.6 Å². The zero-order valence-corrected chi connectivity index (χ0v) is 7.89. The Balaban J connectivity index is 3.41. The van der Waals surface area contributed by atoms with Crippen LogP contribution in [0.3, 0.4) is 0 Å². The van der Waals surface area contributed by atoms with E-state index in [1.807, 2.05) is 19.9 Å². The molecular formula is C11H12N2. The van der Waals surface area contributed by atoms with Gasteiger partial charge in [0.25, 0.3) is 0 Å². The summed E-state index contributed by atoms with van der Waals surface area (Å²) in [5.74, 6) is 0. The summed E-state index contributed by atoms with van der Waals surface area (Å²) >= 11 is 0. The van der Waals surface area contributed by atoms with Crippen molar-refractivity contribution in [1.29, 1.82) is 5.26 Å². The average Bonchev–Trinajstić information content (AvgIpc) is 2.03. The van der Waals surface area contributed by atoms with Gasteiger partial charge in [-0.15, -0.1) is 0 Å². The number of benzene rings is 1. The third kappa shape index (κ3) is 1.70. The summed E-state index contributed by atoms with van der Waals surface area (Å²) in [5, 5.41) is 8.80. The van der Waals surface area contributed by atoms with E-state index in [0.29, 0.717) is 11.3 Å². The van der Waals surface area contributed by atoms with Gasteiger partial charge in [0, 0.05) is 11.3 Å². The highest BCUT2D eigenvalue weighted by Crippen LogP contribution is 2.23. The Labute approximate surface area is 78.3 Å². The molecule has 0 saturated carbocycles. The topological polar surface area (TPSA) is 49.8 Å². The molecule has 66 valence electrons. The maximum atomic E-state index is 8.80. The molecule has 1 aromatic carbocycles. The van der Waals surface area contributed by atoms with Crippen LogP contribution in [0.4, 0.5) is 5.69 Å². The van der Waals surface area contributed by atoms with E-state index < -0.39 is 0 Å². The summed E-state index contributed by atoms with van der Waals surface area (Å²) in [5.41, 5.74) is 9.77. The normalized spacial score (nSPS) is 9.31. The first-order valence-corrected chi connectivity index (χ1v) is 4.02. The Kier molecular flexibility index (Phi) is 2.39. The summed E-state index contributed by atoms with van der Waals surface area (Å²) < 4.78 is 0. The van der Waals surface area contributed by atoms with Crippen LogP contribution >= 0.6 is 0 Å². The SMILES string of the molecule is C=C(C)c1cc(C#N)c(C)cc1N. The molecule has 0 aliphatic heterocycles. The molecule has 0 aliphatic rings. The van der Waals surface area contributed by atoms with E-state index in [9.17, 15) is 0 Å². The third-order valence-electron chi connectivity index (χ3n) is 1.98. The summed E-state index contributed by atoms with van der Waals surface area (Å²) in [6.45, 7) is 7.55. The van der Waals surface area contributed by atoms with Gasteiger partial charge in [-0.3, -0.25) is 0 Å². The molecular weight excluding hydrogens is 160 g/mol. The second-order valence-corrected chi connectivity index (χ2v) is 3.15. The van der Waals surface area contributed by atoms with Crippen molar-refractivity contribution < 1.29 is 0 Å². The molecule has 0 atom stereocenters. The molecule has 1 aromatic rings. The minimum atomic E-state index is 0.659. The van der Waals surface area contributed by atoms with Crippen LogP contribution in [-0.4, -0.2) is 0 Å². The Morgan fingerprint density at radius 1 is 1.54 bits per heavy atom. The van der Waals surface area contributed by atoms with Gasteiger partial charge < -0.3 is 5.73 Å². The highest BCUT2D eigenvalue weighted by atomic mass is 14.6. The van der Waals surface area contributed by atoms with Crippen molar-refractivity contribution in [1.82, 2.24) is 0 Å². The smallest absolute Gasteiger partial charge is 0.0994 e. The number of nitriles is 1. The lowest BCUT2D eigenvalue weighted by Gasteiger charge is -2.07. The van der Waals surface area contributed by atoms with E-state index in [1.54, 1.807) is 6.07 Å². The van der Waals surface area contributed by atoms with Gasteiger partial charge >= 0.3 is 0 Å². The van der Waals surface area contributed by atoms with Crippen LogP contribution in [-0.2, 0) is 0 Å². The maximum absolute atomic E-state index is 8.80. The molecule has 1 rings (SSSR count). The van der Waals surface area contributed by atoms with Gasteiger partial charge in [-0.1, -0.05) is 6.58 Å². The highest BCUT2D eigenvalue weighted by molar-refractivity contribution is 5.74.